The summed E-state index contributed by atoms with van der Waals surface area (Å²) in [6.45, 7) is 0.492. The molecule has 5 heteroatoms. The molecule has 1 fully saturated rings. The van der Waals surface area contributed by atoms with Crippen molar-refractivity contribution in [2.45, 2.75) is 6.10 Å². The summed E-state index contributed by atoms with van der Waals surface area (Å²) in [4.78, 5) is 15.4. The van der Waals surface area contributed by atoms with Gasteiger partial charge in [0.1, 0.15) is 6.10 Å². The molecule has 1 aliphatic heterocycles. The monoisotopic (exact) mass is 292 g/mol. The third-order valence-electron chi connectivity index (χ3n) is 2.78. The zero-order chi connectivity index (χ0) is 11.8. The predicted octanol–water partition coefficient (Wildman–Crippen LogP) is 2.78. The van der Waals surface area contributed by atoms with Crippen LogP contribution in [-0.2, 0) is 4.74 Å². The Kier molecular flexibility index (Phi) is 2.48. The molecule has 0 saturated carbocycles. The Morgan fingerprint density at radius 3 is 3.06 bits per heavy atom. The highest BCUT2D eigenvalue weighted by Gasteiger charge is 2.26. The molecule has 1 atom stereocenters. The summed E-state index contributed by atoms with van der Waals surface area (Å²) in [6.07, 6.45) is 1.11. The maximum absolute atomic E-state index is 11.1. The summed E-state index contributed by atoms with van der Waals surface area (Å²) >= 11 is 3.49. The molecule has 4 nitrogen and oxygen atoms in total. The molecule has 0 aliphatic carbocycles. The Morgan fingerprint density at radius 2 is 2.29 bits per heavy atom. The molecule has 0 spiro atoms. The first-order valence-electron chi connectivity index (χ1n) is 5.23. The smallest absolute Gasteiger partial charge is 0.407 e. The van der Waals surface area contributed by atoms with Gasteiger partial charge < -0.3 is 10.1 Å². The van der Waals surface area contributed by atoms with Gasteiger partial charge in [-0.3, -0.25) is 4.98 Å². The SMILES string of the molecule is O=C1NCC(c2ccc(Br)c3cccnc23)O1. The largest absolute Gasteiger partial charge is 0.439 e. The van der Waals surface area contributed by atoms with Crippen molar-refractivity contribution in [3.63, 3.8) is 0 Å². The number of rotatable bonds is 1. The van der Waals surface area contributed by atoms with Gasteiger partial charge in [0.15, 0.2) is 0 Å². The quantitative estimate of drug-likeness (QED) is 0.879. The summed E-state index contributed by atoms with van der Waals surface area (Å²) in [6, 6.07) is 7.76. The molecule has 86 valence electrons. The van der Waals surface area contributed by atoms with E-state index in [4.69, 9.17) is 4.74 Å². The number of amides is 1. The molecule has 1 saturated heterocycles. The Hall–Kier alpha value is -1.62. The first-order chi connectivity index (χ1) is 8.25. The Morgan fingerprint density at radius 1 is 1.41 bits per heavy atom. The number of hydrogen-bond acceptors (Lipinski definition) is 3. The number of aromatic nitrogens is 1. The summed E-state index contributed by atoms with van der Waals surface area (Å²) in [5.41, 5.74) is 1.80. The van der Waals surface area contributed by atoms with Crippen molar-refractivity contribution in [2.24, 2.45) is 0 Å². The van der Waals surface area contributed by atoms with Crippen molar-refractivity contribution in [3.05, 3.63) is 40.5 Å². The van der Waals surface area contributed by atoms with Crippen molar-refractivity contribution in [1.29, 1.82) is 0 Å². The van der Waals surface area contributed by atoms with E-state index in [-0.39, 0.29) is 12.2 Å². The van der Waals surface area contributed by atoms with Crippen LogP contribution in [0.5, 0.6) is 0 Å². The second-order valence-electron chi connectivity index (χ2n) is 3.81. The molecule has 1 N–H and O–H groups in total. The standard InChI is InChI=1S/C12H9BrN2O2/c13-9-4-3-8(10-6-15-12(16)17-10)11-7(9)2-1-5-14-11/h1-5,10H,6H2,(H,15,16). The number of halogens is 1. The van der Waals surface area contributed by atoms with Crippen LogP contribution in [0.25, 0.3) is 10.9 Å². The number of benzene rings is 1. The van der Waals surface area contributed by atoms with Gasteiger partial charge >= 0.3 is 6.09 Å². The number of nitrogens with one attached hydrogen (secondary N) is 1. The number of fused-ring (bicyclic) bond motifs is 1. The zero-order valence-electron chi connectivity index (χ0n) is 8.81. The van der Waals surface area contributed by atoms with Crippen LogP contribution in [0.15, 0.2) is 34.9 Å². The van der Waals surface area contributed by atoms with Gasteiger partial charge in [-0.2, -0.15) is 0 Å². The summed E-state index contributed by atoms with van der Waals surface area (Å²) in [5, 5.41) is 3.67. The molecule has 1 aromatic carbocycles. The molecule has 1 unspecified atom stereocenters. The minimum atomic E-state index is -0.373. The lowest BCUT2D eigenvalue weighted by Gasteiger charge is -2.11. The second-order valence-corrected chi connectivity index (χ2v) is 4.67. The van der Waals surface area contributed by atoms with E-state index < -0.39 is 0 Å². The van der Waals surface area contributed by atoms with Gasteiger partial charge in [0.2, 0.25) is 0 Å². The Balaban J connectivity index is 2.17. The van der Waals surface area contributed by atoms with Gasteiger partial charge in [-0.1, -0.05) is 28.1 Å². The highest BCUT2D eigenvalue weighted by atomic mass is 79.9. The fraction of sp³-hybridized carbons (Fsp3) is 0.167. The summed E-state index contributed by atoms with van der Waals surface area (Å²) in [7, 11) is 0. The number of pyridine rings is 1. The molecular formula is C12H9BrN2O2. The maximum Gasteiger partial charge on any atom is 0.407 e. The maximum atomic E-state index is 11.1. The van der Waals surface area contributed by atoms with Gasteiger partial charge in [-0.05, 0) is 12.1 Å². The first-order valence-corrected chi connectivity index (χ1v) is 6.02. The number of carbonyl (C=O) groups excluding carboxylic acids is 1. The molecule has 3 rings (SSSR count). The van der Waals surface area contributed by atoms with Crippen LogP contribution in [0.4, 0.5) is 4.79 Å². The van der Waals surface area contributed by atoms with E-state index >= 15 is 0 Å². The number of ether oxygens (including phenoxy) is 1. The van der Waals surface area contributed by atoms with Crippen LogP contribution in [0.3, 0.4) is 0 Å². The molecule has 0 bridgehead atoms. The number of nitrogens with zero attached hydrogens (tertiary/aromatic N) is 1. The van der Waals surface area contributed by atoms with E-state index in [0.717, 1.165) is 20.9 Å². The Labute approximate surface area is 106 Å². The predicted molar refractivity (Wildman–Crippen MR) is 66.7 cm³/mol. The fourth-order valence-electron chi connectivity index (χ4n) is 1.98. The van der Waals surface area contributed by atoms with Crippen LogP contribution < -0.4 is 5.32 Å². The van der Waals surface area contributed by atoms with E-state index in [2.05, 4.69) is 26.2 Å². The van der Waals surface area contributed by atoms with E-state index in [9.17, 15) is 4.79 Å². The summed E-state index contributed by atoms with van der Waals surface area (Å²) < 4.78 is 6.18. The van der Waals surface area contributed by atoms with Crippen LogP contribution in [0.1, 0.15) is 11.7 Å². The van der Waals surface area contributed by atoms with Crippen LogP contribution in [0.2, 0.25) is 0 Å². The normalized spacial score (nSPS) is 19.1. The topological polar surface area (TPSA) is 51.2 Å². The number of hydrogen-bond donors (Lipinski definition) is 1. The van der Waals surface area contributed by atoms with Gasteiger partial charge in [-0.25, -0.2) is 4.79 Å². The van der Waals surface area contributed by atoms with Gasteiger partial charge in [-0.15, -0.1) is 0 Å². The minimum Gasteiger partial charge on any atom is -0.439 e. The first kappa shape index (κ1) is 10.5. The number of alkyl carbamates (subject to hydrolysis) is 1. The van der Waals surface area contributed by atoms with Crippen molar-refractivity contribution in [1.82, 2.24) is 10.3 Å². The van der Waals surface area contributed by atoms with Crippen molar-refractivity contribution in [3.8, 4) is 0 Å². The molecule has 1 aromatic heterocycles. The lowest BCUT2D eigenvalue weighted by Crippen LogP contribution is -2.12. The molecule has 2 heterocycles. The van der Waals surface area contributed by atoms with Crippen molar-refractivity contribution in [2.75, 3.05) is 6.54 Å². The van der Waals surface area contributed by atoms with E-state index in [0.29, 0.717) is 6.54 Å². The van der Waals surface area contributed by atoms with E-state index in [1.807, 2.05) is 24.3 Å². The lowest BCUT2D eigenvalue weighted by molar-refractivity contribution is 0.141. The molecule has 17 heavy (non-hydrogen) atoms. The molecule has 2 aromatic rings. The average Bonchev–Trinajstić information content (AvgIpc) is 2.77. The van der Waals surface area contributed by atoms with Crippen LogP contribution in [-0.4, -0.2) is 17.6 Å². The highest BCUT2D eigenvalue weighted by molar-refractivity contribution is 9.10. The van der Waals surface area contributed by atoms with E-state index in [1.165, 1.54) is 0 Å². The second kappa shape index (κ2) is 4.00. The highest BCUT2D eigenvalue weighted by Crippen LogP contribution is 2.31. The third kappa shape index (κ3) is 1.76. The van der Waals surface area contributed by atoms with Crippen LogP contribution in [0, 0.1) is 0 Å². The number of cyclic esters (lactones) is 1. The van der Waals surface area contributed by atoms with Crippen molar-refractivity contribution < 1.29 is 9.53 Å². The summed E-state index contributed by atoms with van der Waals surface area (Å²) in [5.74, 6) is 0. The van der Waals surface area contributed by atoms with Gasteiger partial charge in [0.05, 0.1) is 12.1 Å². The lowest BCUT2D eigenvalue weighted by atomic mass is 10.1. The fourth-order valence-corrected chi connectivity index (χ4v) is 2.43. The molecule has 0 radical (unpaired) electrons. The zero-order valence-corrected chi connectivity index (χ0v) is 10.4. The molecule has 1 amide bonds. The van der Waals surface area contributed by atoms with E-state index in [1.54, 1.807) is 6.20 Å². The van der Waals surface area contributed by atoms with Gasteiger partial charge in [0.25, 0.3) is 0 Å². The molecule has 1 aliphatic rings. The van der Waals surface area contributed by atoms with Crippen molar-refractivity contribution >= 4 is 32.9 Å². The van der Waals surface area contributed by atoms with Crippen LogP contribution >= 0.6 is 15.9 Å². The molecular weight excluding hydrogens is 284 g/mol. The number of carbonyl (C=O) groups is 1. The Bertz CT molecular complexity index is 600. The van der Waals surface area contributed by atoms with Gasteiger partial charge in [0, 0.05) is 21.6 Å². The minimum absolute atomic E-state index is 0.256. The average molecular weight is 293 g/mol. The third-order valence-corrected chi connectivity index (χ3v) is 3.47.